The second kappa shape index (κ2) is 13.9. The Hall–Kier alpha value is -4.49. The summed E-state index contributed by atoms with van der Waals surface area (Å²) in [5.41, 5.74) is 0.994. The van der Waals surface area contributed by atoms with Gasteiger partial charge in [-0.2, -0.15) is 0 Å². The Kier molecular flexibility index (Phi) is 10.3. The number of methoxy groups -OCH3 is 2. The number of carbonyl (C=O) groups is 3. The zero-order valence-electron chi connectivity index (χ0n) is 21.3. The standard InChI is InChI=1S/C26H28N4O8S/c1-36-14-13-28-26(33)38-23-10-9-20(17-29-23)25(32)30-39(34,35)22-8-4-6-19(16-22)24(31)27-12-11-18-5-3-7-21(15-18)37-2/h3-10,15-17H,11-14H2,1-2H3,(H,27,31)(H,28,33)(H,30,32). The van der Waals surface area contributed by atoms with Gasteiger partial charge in [0, 0.05) is 38.0 Å². The van der Waals surface area contributed by atoms with Crippen LogP contribution in [0.1, 0.15) is 26.3 Å². The van der Waals surface area contributed by atoms with Crippen molar-refractivity contribution in [1.82, 2.24) is 20.3 Å². The summed E-state index contributed by atoms with van der Waals surface area (Å²) in [4.78, 5) is 40.3. The number of hydrogen-bond donors (Lipinski definition) is 3. The number of sulfonamides is 1. The van der Waals surface area contributed by atoms with E-state index < -0.39 is 27.9 Å². The monoisotopic (exact) mass is 556 g/mol. The molecule has 1 heterocycles. The van der Waals surface area contributed by atoms with Gasteiger partial charge in [-0.25, -0.2) is 22.9 Å². The summed E-state index contributed by atoms with van der Waals surface area (Å²) in [5, 5.41) is 5.18. The molecule has 3 amide bonds. The van der Waals surface area contributed by atoms with Crippen LogP contribution in [0.3, 0.4) is 0 Å². The third kappa shape index (κ3) is 8.79. The Balaban J connectivity index is 1.57. The van der Waals surface area contributed by atoms with E-state index in [0.717, 1.165) is 11.8 Å². The normalized spacial score (nSPS) is 10.8. The lowest BCUT2D eigenvalue weighted by molar-refractivity contribution is 0.0952. The summed E-state index contributed by atoms with van der Waals surface area (Å²) in [6.07, 6.45) is 0.853. The molecular formula is C26H28N4O8S. The topological polar surface area (TPSA) is 162 Å². The number of ether oxygens (including phenoxy) is 3. The number of nitrogens with zero attached hydrogens (tertiary/aromatic N) is 1. The molecule has 3 N–H and O–H groups in total. The Labute approximate surface area is 225 Å². The second-order valence-corrected chi connectivity index (χ2v) is 9.70. The van der Waals surface area contributed by atoms with E-state index in [2.05, 4.69) is 15.6 Å². The molecule has 206 valence electrons. The van der Waals surface area contributed by atoms with Crippen LogP contribution in [0.2, 0.25) is 0 Å². The smallest absolute Gasteiger partial charge is 0.414 e. The van der Waals surface area contributed by atoms with Crippen molar-refractivity contribution in [3.05, 3.63) is 83.6 Å². The minimum absolute atomic E-state index is 0.0860. The fourth-order valence-corrected chi connectivity index (χ4v) is 4.28. The first kappa shape index (κ1) is 29.1. The van der Waals surface area contributed by atoms with E-state index in [9.17, 15) is 22.8 Å². The number of rotatable bonds is 12. The number of amides is 3. The van der Waals surface area contributed by atoms with Gasteiger partial charge in [0.05, 0.1) is 24.2 Å². The van der Waals surface area contributed by atoms with Gasteiger partial charge in [0.15, 0.2) is 0 Å². The van der Waals surface area contributed by atoms with Crippen LogP contribution in [-0.4, -0.2) is 65.2 Å². The predicted octanol–water partition coefficient (Wildman–Crippen LogP) is 1.92. The Morgan fingerprint density at radius 1 is 0.872 bits per heavy atom. The van der Waals surface area contributed by atoms with Crippen molar-refractivity contribution in [3.8, 4) is 11.6 Å². The van der Waals surface area contributed by atoms with Crippen LogP contribution in [0, 0.1) is 0 Å². The van der Waals surface area contributed by atoms with Crippen LogP contribution in [0.4, 0.5) is 4.79 Å². The molecule has 0 bridgehead atoms. The van der Waals surface area contributed by atoms with Gasteiger partial charge in [0.2, 0.25) is 5.88 Å². The molecule has 0 saturated carbocycles. The number of aromatic nitrogens is 1. The highest BCUT2D eigenvalue weighted by atomic mass is 32.2. The van der Waals surface area contributed by atoms with Crippen molar-refractivity contribution in [2.24, 2.45) is 0 Å². The highest BCUT2D eigenvalue weighted by molar-refractivity contribution is 7.90. The van der Waals surface area contributed by atoms with E-state index >= 15 is 0 Å². The summed E-state index contributed by atoms with van der Waals surface area (Å²) in [6.45, 7) is 0.856. The van der Waals surface area contributed by atoms with Crippen molar-refractivity contribution in [1.29, 1.82) is 0 Å². The first-order chi connectivity index (χ1) is 18.7. The van der Waals surface area contributed by atoms with Crippen LogP contribution < -0.4 is 24.8 Å². The molecule has 0 unspecified atom stereocenters. The minimum atomic E-state index is -4.31. The van der Waals surface area contributed by atoms with E-state index in [1.54, 1.807) is 7.11 Å². The van der Waals surface area contributed by atoms with Crippen molar-refractivity contribution in [3.63, 3.8) is 0 Å². The second-order valence-electron chi connectivity index (χ2n) is 8.01. The van der Waals surface area contributed by atoms with Gasteiger partial charge >= 0.3 is 6.09 Å². The molecule has 13 heteroatoms. The van der Waals surface area contributed by atoms with E-state index in [1.807, 2.05) is 29.0 Å². The summed E-state index contributed by atoms with van der Waals surface area (Å²) in [5.74, 6) is -0.798. The summed E-state index contributed by atoms with van der Waals surface area (Å²) < 4.78 is 42.5. The SMILES string of the molecule is COCCNC(=O)Oc1ccc(C(=O)NS(=O)(=O)c2cccc(C(=O)NCCc3cccc(OC)c3)c2)cn1. The predicted molar refractivity (Wildman–Crippen MR) is 140 cm³/mol. The highest BCUT2D eigenvalue weighted by Crippen LogP contribution is 2.15. The molecule has 0 aliphatic carbocycles. The first-order valence-electron chi connectivity index (χ1n) is 11.7. The maximum absolute atomic E-state index is 12.8. The number of carbonyl (C=O) groups excluding carboxylic acids is 3. The molecule has 0 fully saturated rings. The van der Waals surface area contributed by atoms with Gasteiger partial charge in [-0.3, -0.25) is 9.59 Å². The number of hydrogen-bond acceptors (Lipinski definition) is 9. The number of nitrogens with one attached hydrogen (secondary N) is 3. The Morgan fingerprint density at radius 2 is 1.67 bits per heavy atom. The molecule has 0 saturated heterocycles. The minimum Gasteiger partial charge on any atom is -0.497 e. The van der Waals surface area contributed by atoms with Gasteiger partial charge in [-0.15, -0.1) is 0 Å². The molecule has 0 radical (unpaired) electrons. The van der Waals surface area contributed by atoms with E-state index in [4.69, 9.17) is 14.2 Å². The lowest BCUT2D eigenvalue weighted by atomic mass is 10.1. The molecule has 0 aliphatic heterocycles. The van der Waals surface area contributed by atoms with Crippen molar-refractivity contribution in [2.45, 2.75) is 11.3 Å². The molecule has 0 atom stereocenters. The molecule has 12 nitrogen and oxygen atoms in total. The summed E-state index contributed by atoms with van der Waals surface area (Å²) in [7, 11) is -1.25. The average molecular weight is 557 g/mol. The fourth-order valence-electron chi connectivity index (χ4n) is 3.26. The van der Waals surface area contributed by atoms with Gasteiger partial charge in [0.25, 0.3) is 21.8 Å². The molecule has 2 aromatic carbocycles. The largest absolute Gasteiger partial charge is 0.497 e. The highest BCUT2D eigenvalue weighted by Gasteiger charge is 2.21. The quantitative estimate of drug-likeness (QED) is 0.283. The van der Waals surface area contributed by atoms with Gasteiger partial charge < -0.3 is 24.8 Å². The Bertz CT molecular complexity index is 1410. The van der Waals surface area contributed by atoms with Gasteiger partial charge in [0.1, 0.15) is 5.75 Å². The molecule has 0 spiro atoms. The van der Waals surface area contributed by atoms with Crippen molar-refractivity contribution >= 4 is 27.9 Å². The van der Waals surface area contributed by atoms with Crippen molar-refractivity contribution < 1.29 is 37.0 Å². The van der Waals surface area contributed by atoms with Crippen LogP contribution >= 0.6 is 0 Å². The number of pyridine rings is 1. The summed E-state index contributed by atoms with van der Waals surface area (Å²) in [6, 6.07) is 15.2. The van der Waals surface area contributed by atoms with Crippen LogP contribution in [0.15, 0.2) is 71.8 Å². The molecule has 39 heavy (non-hydrogen) atoms. The van der Waals surface area contributed by atoms with Crippen LogP contribution in [0.5, 0.6) is 11.6 Å². The van der Waals surface area contributed by atoms with Crippen LogP contribution in [-0.2, 0) is 21.2 Å². The molecule has 3 aromatic rings. The van der Waals surface area contributed by atoms with Crippen LogP contribution in [0.25, 0.3) is 0 Å². The maximum atomic E-state index is 12.8. The van der Waals surface area contributed by atoms with E-state index in [-0.39, 0.29) is 28.4 Å². The zero-order chi connectivity index (χ0) is 28.3. The Morgan fingerprint density at radius 3 is 2.38 bits per heavy atom. The number of benzene rings is 2. The van der Waals surface area contributed by atoms with E-state index in [1.165, 1.54) is 43.5 Å². The lowest BCUT2D eigenvalue weighted by Gasteiger charge is -2.10. The molecule has 0 aliphatic rings. The van der Waals surface area contributed by atoms with E-state index in [0.29, 0.717) is 25.3 Å². The first-order valence-corrected chi connectivity index (χ1v) is 13.2. The van der Waals surface area contributed by atoms with Crippen molar-refractivity contribution in [2.75, 3.05) is 33.9 Å². The molecule has 1 aromatic heterocycles. The van der Waals surface area contributed by atoms with Gasteiger partial charge in [-0.1, -0.05) is 18.2 Å². The summed E-state index contributed by atoms with van der Waals surface area (Å²) >= 11 is 0. The fraction of sp³-hybridized carbons (Fsp3) is 0.231. The molecule has 3 rings (SSSR count). The zero-order valence-corrected chi connectivity index (χ0v) is 22.1. The van der Waals surface area contributed by atoms with Gasteiger partial charge in [-0.05, 0) is 48.4 Å². The third-order valence-corrected chi connectivity index (χ3v) is 6.57. The molecular weight excluding hydrogens is 528 g/mol. The lowest BCUT2D eigenvalue weighted by Crippen LogP contribution is -2.31. The maximum Gasteiger partial charge on any atom is 0.414 e. The third-order valence-electron chi connectivity index (χ3n) is 5.24. The average Bonchev–Trinajstić information content (AvgIpc) is 2.93.